The van der Waals surface area contributed by atoms with Gasteiger partial charge < -0.3 is 15.1 Å². The number of para-hydroxylation sites is 1. The zero-order valence-corrected chi connectivity index (χ0v) is 18.1. The van der Waals surface area contributed by atoms with Crippen LogP contribution in [0.5, 0.6) is 0 Å². The van der Waals surface area contributed by atoms with Crippen LogP contribution in [0.3, 0.4) is 0 Å². The molecular weight excluding hydrogens is 423 g/mol. The predicted octanol–water partition coefficient (Wildman–Crippen LogP) is 5.90. The highest BCUT2D eigenvalue weighted by atomic mass is 35.5. The quantitative estimate of drug-likeness (QED) is 0.514. The van der Waals surface area contributed by atoms with Gasteiger partial charge in [0.05, 0.1) is 27.7 Å². The molecular formula is C23H22Cl2N2O3. The first-order valence-corrected chi connectivity index (χ1v) is 10.8. The lowest BCUT2D eigenvalue weighted by atomic mass is 10.1. The second kappa shape index (κ2) is 8.70. The van der Waals surface area contributed by atoms with Gasteiger partial charge in [0, 0.05) is 17.0 Å². The van der Waals surface area contributed by atoms with Crippen molar-refractivity contribution in [3.05, 3.63) is 63.3 Å². The van der Waals surface area contributed by atoms with Crippen molar-refractivity contribution in [3.63, 3.8) is 0 Å². The molecule has 0 spiro atoms. The highest BCUT2D eigenvalue weighted by molar-refractivity contribution is 6.40. The molecule has 0 saturated heterocycles. The molecule has 1 heterocycles. The largest absolute Gasteiger partial charge is 0.459 e. The molecule has 1 fully saturated rings. The van der Waals surface area contributed by atoms with Gasteiger partial charge in [-0.15, -0.1) is 0 Å². The predicted molar refractivity (Wildman–Crippen MR) is 119 cm³/mol. The molecule has 2 N–H and O–H groups in total. The van der Waals surface area contributed by atoms with Gasteiger partial charge in [-0.25, -0.2) is 0 Å². The summed E-state index contributed by atoms with van der Waals surface area (Å²) >= 11 is 12.3. The highest BCUT2D eigenvalue weighted by Crippen LogP contribution is 2.33. The number of benzene rings is 2. The van der Waals surface area contributed by atoms with E-state index in [2.05, 4.69) is 10.6 Å². The fourth-order valence-electron chi connectivity index (χ4n) is 4.02. The second-order valence-corrected chi connectivity index (χ2v) is 8.41. The maximum Gasteiger partial charge on any atom is 0.258 e. The van der Waals surface area contributed by atoms with Crippen LogP contribution < -0.4 is 10.6 Å². The van der Waals surface area contributed by atoms with E-state index in [-0.39, 0.29) is 34.0 Å². The molecule has 1 aliphatic rings. The summed E-state index contributed by atoms with van der Waals surface area (Å²) in [6, 6.07) is 10.6. The first-order valence-electron chi connectivity index (χ1n) is 9.99. The van der Waals surface area contributed by atoms with Gasteiger partial charge in [0.2, 0.25) is 5.91 Å². The van der Waals surface area contributed by atoms with Gasteiger partial charge in [-0.3, -0.25) is 9.59 Å². The molecule has 0 unspecified atom stereocenters. The highest BCUT2D eigenvalue weighted by Gasteiger charge is 2.22. The minimum absolute atomic E-state index is 0.00927. The van der Waals surface area contributed by atoms with E-state index in [1.54, 1.807) is 24.3 Å². The van der Waals surface area contributed by atoms with Crippen LogP contribution in [0, 0.1) is 6.92 Å². The van der Waals surface area contributed by atoms with Crippen LogP contribution in [0.2, 0.25) is 10.0 Å². The minimum Gasteiger partial charge on any atom is -0.459 e. The lowest BCUT2D eigenvalue weighted by Gasteiger charge is -2.11. The van der Waals surface area contributed by atoms with Crippen LogP contribution in [0.4, 0.5) is 5.69 Å². The van der Waals surface area contributed by atoms with Gasteiger partial charge in [-0.1, -0.05) is 54.2 Å². The normalized spacial score (nSPS) is 14.2. The van der Waals surface area contributed by atoms with Crippen LogP contribution >= 0.6 is 23.2 Å². The van der Waals surface area contributed by atoms with Crippen molar-refractivity contribution in [2.45, 2.75) is 45.1 Å². The number of furan rings is 1. The summed E-state index contributed by atoms with van der Waals surface area (Å²) in [5.41, 5.74) is 2.05. The van der Waals surface area contributed by atoms with Crippen molar-refractivity contribution < 1.29 is 14.0 Å². The maximum atomic E-state index is 12.8. The molecule has 30 heavy (non-hydrogen) atoms. The fourth-order valence-corrected chi connectivity index (χ4v) is 4.59. The first kappa shape index (κ1) is 20.8. The monoisotopic (exact) mass is 444 g/mol. The molecule has 3 aromatic rings. The van der Waals surface area contributed by atoms with Crippen LogP contribution in [0.15, 0.2) is 40.8 Å². The Morgan fingerprint density at radius 1 is 1.07 bits per heavy atom. The van der Waals surface area contributed by atoms with Gasteiger partial charge >= 0.3 is 0 Å². The molecule has 0 atom stereocenters. The van der Waals surface area contributed by atoms with Crippen molar-refractivity contribution in [2.24, 2.45) is 0 Å². The molecule has 1 saturated carbocycles. The van der Waals surface area contributed by atoms with Crippen molar-refractivity contribution in [3.8, 4) is 0 Å². The van der Waals surface area contributed by atoms with Crippen LogP contribution in [0.25, 0.3) is 11.0 Å². The smallest absolute Gasteiger partial charge is 0.258 e. The minimum atomic E-state index is -0.423. The average Bonchev–Trinajstić information content (AvgIpc) is 3.31. The number of anilines is 1. The van der Waals surface area contributed by atoms with Gasteiger partial charge in [-0.05, 0) is 38.0 Å². The number of hydrogen-bond donors (Lipinski definition) is 2. The third-order valence-electron chi connectivity index (χ3n) is 5.52. The zero-order valence-electron chi connectivity index (χ0n) is 16.6. The molecule has 156 valence electrons. The number of hydrogen-bond acceptors (Lipinski definition) is 3. The average molecular weight is 445 g/mol. The Morgan fingerprint density at radius 3 is 2.43 bits per heavy atom. The van der Waals surface area contributed by atoms with Crippen molar-refractivity contribution in [1.82, 2.24) is 5.32 Å². The van der Waals surface area contributed by atoms with E-state index in [4.69, 9.17) is 27.6 Å². The Kier molecular flexibility index (Phi) is 6.02. The number of nitrogens with one attached hydrogen (secondary N) is 2. The van der Waals surface area contributed by atoms with E-state index >= 15 is 0 Å². The van der Waals surface area contributed by atoms with E-state index in [0.717, 1.165) is 36.6 Å². The summed E-state index contributed by atoms with van der Waals surface area (Å²) in [7, 11) is 0. The molecule has 5 nitrogen and oxygen atoms in total. The Bertz CT molecular complexity index is 1100. The lowest BCUT2D eigenvalue weighted by molar-refractivity contribution is -0.121. The number of rotatable bonds is 5. The fraction of sp³-hybridized carbons (Fsp3) is 0.304. The van der Waals surface area contributed by atoms with Gasteiger partial charge in [-0.2, -0.15) is 0 Å². The Labute approximate surface area is 184 Å². The summed E-state index contributed by atoms with van der Waals surface area (Å²) in [4.78, 5) is 25.3. The second-order valence-electron chi connectivity index (χ2n) is 7.60. The summed E-state index contributed by atoms with van der Waals surface area (Å²) in [5.74, 6) is 0.224. The number of aryl methyl sites for hydroxylation is 1. The number of amides is 2. The molecule has 1 aromatic heterocycles. The van der Waals surface area contributed by atoms with E-state index in [0.29, 0.717) is 17.0 Å². The standard InChI is InChI=1S/C23H22Cl2N2O3/c1-13-16(12-20(28)26-14-6-2-3-7-14)15-8-4-11-19(22(15)30-13)27-23(29)21-17(24)9-5-10-18(21)25/h4-5,8-11,14H,2-3,6-7,12H2,1H3,(H,26,28)(H,27,29). The van der Waals surface area contributed by atoms with Crippen molar-refractivity contribution >= 4 is 51.7 Å². The van der Waals surface area contributed by atoms with E-state index in [9.17, 15) is 9.59 Å². The van der Waals surface area contributed by atoms with E-state index < -0.39 is 5.91 Å². The SMILES string of the molecule is Cc1oc2c(NC(=O)c3c(Cl)cccc3Cl)cccc2c1CC(=O)NC1CCCC1. The van der Waals surface area contributed by atoms with E-state index in [1.165, 1.54) is 0 Å². The molecule has 2 amide bonds. The number of fused-ring (bicyclic) bond motifs is 1. The first-order chi connectivity index (χ1) is 14.4. The maximum absolute atomic E-state index is 12.8. The van der Waals surface area contributed by atoms with Gasteiger partial charge in [0.25, 0.3) is 5.91 Å². The summed E-state index contributed by atoms with van der Waals surface area (Å²) in [5, 5.41) is 7.29. The number of halogens is 2. The molecule has 7 heteroatoms. The molecule has 2 aromatic carbocycles. The van der Waals surface area contributed by atoms with Crippen LogP contribution in [-0.2, 0) is 11.2 Å². The molecule has 0 bridgehead atoms. The number of carbonyl (C=O) groups is 2. The Balaban J connectivity index is 1.59. The lowest BCUT2D eigenvalue weighted by Crippen LogP contribution is -2.33. The zero-order chi connectivity index (χ0) is 21.3. The topological polar surface area (TPSA) is 71.3 Å². The van der Waals surface area contributed by atoms with Crippen LogP contribution in [0.1, 0.15) is 47.4 Å². The van der Waals surface area contributed by atoms with Crippen LogP contribution in [-0.4, -0.2) is 17.9 Å². The van der Waals surface area contributed by atoms with Gasteiger partial charge in [0.1, 0.15) is 5.76 Å². The summed E-state index contributed by atoms with van der Waals surface area (Å²) in [6.07, 6.45) is 4.65. The third-order valence-corrected chi connectivity index (χ3v) is 6.15. The van der Waals surface area contributed by atoms with E-state index in [1.807, 2.05) is 19.1 Å². The molecule has 4 rings (SSSR count). The van der Waals surface area contributed by atoms with Crippen molar-refractivity contribution in [2.75, 3.05) is 5.32 Å². The summed E-state index contributed by atoms with van der Waals surface area (Å²) in [6.45, 7) is 1.83. The Hall–Kier alpha value is -2.50. The van der Waals surface area contributed by atoms with Gasteiger partial charge in [0.15, 0.2) is 5.58 Å². The Morgan fingerprint density at radius 2 is 1.73 bits per heavy atom. The third kappa shape index (κ3) is 4.18. The van der Waals surface area contributed by atoms with Crippen molar-refractivity contribution in [1.29, 1.82) is 0 Å². The molecule has 1 aliphatic carbocycles. The number of carbonyl (C=O) groups excluding carboxylic acids is 2. The summed E-state index contributed by atoms with van der Waals surface area (Å²) < 4.78 is 5.94. The molecule has 0 radical (unpaired) electrons. The molecule has 0 aliphatic heterocycles.